The quantitative estimate of drug-likeness (QED) is 0.586. The Morgan fingerprint density at radius 1 is 1.43 bits per heavy atom. The molecule has 0 saturated carbocycles. The van der Waals surface area contributed by atoms with Crippen LogP contribution in [-0.4, -0.2) is 45.2 Å². The van der Waals surface area contributed by atoms with Gasteiger partial charge in [-0.05, 0) is 31.3 Å². The van der Waals surface area contributed by atoms with Crippen molar-refractivity contribution in [1.82, 2.24) is 19.7 Å². The molecule has 1 aromatic carbocycles. The van der Waals surface area contributed by atoms with E-state index in [1.165, 1.54) is 11.3 Å². The topological polar surface area (TPSA) is 105 Å². The minimum Gasteiger partial charge on any atom is -0.497 e. The summed E-state index contributed by atoms with van der Waals surface area (Å²) in [6.45, 7) is 2.16. The number of anilines is 2. The van der Waals surface area contributed by atoms with Crippen molar-refractivity contribution in [2.45, 2.75) is 13.3 Å². The van der Waals surface area contributed by atoms with Gasteiger partial charge in [-0.2, -0.15) is 5.10 Å². The van der Waals surface area contributed by atoms with E-state index >= 15 is 0 Å². The molecule has 3 heterocycles. The predicted octanol–water partition coefficient (Wildman–Crippen LogP) is 2.91. The van der Waals surface area contributed by atoms with Crippen molar-refractivity contribution in [2.24, 2.45) is 13.0 Å². The fourth-order valence-corrected chi connectivity index (χ4v) is 4.45. The van der Waals surface area contributed by atoms with E-state index in [9.17, 15) is 9.59 Å². The summed E-state index contributed by atoms with van der Waals surface area (Å²) in [5.74, 6) is 0.533. The van der Waals surface area contributed by atoms with Gasteiger partial charge in [0.25, 0.3) is 0 Å². The molecule has 2 amide bonds. The van der Waals surface area contributed by atoms with Gasteiger partial charge < -0.3 is 19.5 Å². The standard InChI is InChI=1S/C19H20N6O3S2/c1-10-15(16-22-23-19(29)24(16)2)30-18(20-10)21-17(27)11-7-14(26)25(9-11)12-5-4-6-13(8-12)28-3/h4-6,8,11H,7,9H2,1-3H3,(H,23,29)(H,20,21,27). The van der Waals surface area contributed by atoms with Gasteiger partial charge >= 0.3 is 0 Å². The van der Waals surface area contributed by atoms with Crippen molar-refractivity contribution in [3.63, 3.8) is 0 Å². The summed E-state index contributed by atoms with van der Waals surface area (Å²) < 4.78 is 7.48. The average Bonchev–Trinajstić information content (AvgIpc) is 3.39. The molecular weight excluding hydrogens is 424 g/mol. The highest BCUT2D eigenvalue weighted by molar-refractivity contribution is 7.71. The van der Waals surface area contributed by atoms with Crippen LogP contribution in [0.4, 0.5) is 10.8 Å². The first-order chi connectivity index (χ1) is 14.4. The summed E-state index contributed by atoms with van der Waals surface area (Å²) in [6, 6.07) is 7.24. The molecule has 2 N–H and O–H groups in total. The van der Waals surface area contributed by atoms with Crippen LogP contribution in [-0.2, 0) is 16.6 Å². The number of nitrogens with one attached hydrogen (secondary N) is 2. The number of aromatic amines is 1. The number of methoxy groups -OCH3 is 1. The molecule has 4 rings (SSSR count). The zero-order valence-electron chi connectivity index (χ0n) is 16.6. The van der Waals surface area contributed by atoms with Crippen LogP contribution in [0.25, 0.3) is 10.7 Å². The van der Waals surface area contributed by atoms with E-state index in [2.05, 4.69) is 20.5 Å². The van der Waals surface area contributed by atoms with Gasteiger partial charge in [-0.1, -0.05) is 17.4 Å². The Labute approximate surface area is 181 Å². The first-order valence-electron chi connectivity index (χ1n) is 9.22. The Bertz CT molecular complexity index is 1180. The number of aryl methyl sites for hydroxylation is 1. The molecule has 30 heavy (non-hydrogen) atoms. The number of amides is 2. The van der Waals surface area contributed by atoms with E-state index in [0.717, 1.165) is 10.6 Å². The van der Waals surface area contributed by atoms with Crippen molar-refractivity contribution in [1.29, 1.82) is 0 Å². The third kappa shape index (κ3) is 3.73. The molecule has 1 unspecified atom stereocenters. The molecule has 1 atom stereocenters. The molecule has 1 aliphatic rings. The maximum atomic E-state index is 12.8. The van der Waals surface area contributed by atoms with E-state index in [4.69, 9.17) is 17.0 Å². The number of aromatic nitrogens is 4. The van der Waals surface area contributed by atoms with Gasteiger partial charge in [0.1, 0.15) is 5.75 Å². The van der Waals surface area contributed by atoms with Crippen LogP contribution < -0.4 is 15.0 Å². The lowest BCUT2D eigenvalue weighted by atomic mass is 10.1. The molecule has 1 fully saturated rings. The van der Waals surface area contributed by atoms with Gasteiger partial charge in [-0.3, -0.25) is 14.7 Å². The maximum absolute atomic E-state index is 12.8. The van der Waals surface area contributed by atoms with E-state index in [0.29, 0.717) is 33.7 Å². The highest BCUT2D eigenvalue weighted by atomic mass is 32.1. The molecule has 0 spiro atoms. The highest BCUT2D eigenvalue weighted by Crippen LogP contribution is 2.33. The lowest BCUT2D eigenvalue weighted by Crippen LogP contribution is -2.28. The number of hydrogen-bond donors (Lipinski definition) is 2. The Morgan fingerprint density at radius 2 is 2.23 bits per heavy atom. The Balaban J connectivity index is 1.48. The van der Waals surface area contributed by atoms with Crippen molar-refractivity contribution < 1.29 is 14.3 Å². The molecule has 2 aromatic heterocycles. The first kappa shape index (κ1) is 20.2. The summed E-state index contributed by atoms with van der Waals surface area (Å²) in [5, 5.41) is 10.3. The second-order valence-electron chi connectivity index (χ2n) is 6.94. The smallest absolute Gasteiger partial charge is 0.231 e. The van der Waals surface area contributed by atoms with Gasteiger partial charge in [0.15, 0.2) is 15.7 Å². The van der Waals surface area contributed by atoms with Crippen LogP contribution in [0.3, 0.4) is 0 Å². The van der Waals surface area contributed by atoms with E-state index in [1.54, 1.807) is 22.6 Å². The number of rotatable bonds is 5. The lowest BCUT2D eigenvalue weighted by molar-refractivity contribution is -0.122. The second kappa shape index (κ2) is 8.00. The molecule has 1 saturated heterocycles. The third-order valence-corrected chi connectivity index (χ3v) is 6.40. The van der Waals surface area contributed by atoms with Crippen LogP contribution in [0.5, 0.6) is 5.75 Å². The monoisotopic (exact) mass is 444 g/mol. The van der Waals surface area contributed by atoms with Crippen LogP contribution >= 0.6 is 23.6 Å². The Morgan fingerprint density at radius 3 is 2.93 bits per heavy atom. The minimum atomic E-state index is -0.461. The van der Waals surface area contributed by atoms with Crippen molar-refractivity contribution in [3.8, 4) is 16.5 Å². The minimum absolute atomic E-state index is 0.0964. The van der Waals surface area contributed by atoms with Crippen molar-refractivity contribution in [3.05, 3.63) is 34.7 Å². The highest BCUT2D eigenvalue weighted by Gasteiger charge is 2.35. The zero-order valence-corrected chi connectivity index (χ0v) is 18.3. The number of thiazole rings is 1. The second-order valence-corrected chi connectivity index (χ2v) is 8.33. The number of carbonyl (C=O) groups is 2. The first-order valence-corrected chi connectivity index (χ1v) is 10.4. The third-order valence-electron chi connectivity index (χ3n) is 4.97. The summed E-state index contributed by atoms with van der Waals surface area (Å²) in [5.41, 5.74) is 1.46. The normalized spacial score (nSPS) is 16.2. The van der Waals surface area contributed by atoms with Crippen LogP contribution in [0, 0.1) is 17.6 Å². The van der Waals surface area contributed by atoms with Gasteiger partial charge in [-0.15, -0.1) is 0 Å². The van der Waals surface area contributed by atoms with E-state index in [-0.39, 0.29) is 18.2 Å². The number of benzene rings is 1. The number of carbonyl (C=O) groups excluding carboxylic acids is 2. The number of ether oxygens (including phenoxy) is 1. The summed E-state index contributed by atoms with van der Waals surface area (Å²) in [6.07, 6.45) is 0.147. The molecule has 156 valence electrons. The van der Waals surface area contributed by atoms with Gasteiger partial charge in [0.05, 0.1) is 23.6 Å². The molecule has 3 aromatic rings. The summed E-state index contributed by atoms with van der Waals surface area (Å²) >= 11 is 6.48. The lowest BCUT2D eigenvalue weighted by Gasteiger charge is -2.17. The fourth-order valence-electron chi connectivity index (χ4n) is 3.33. The molecule has 9 nitrogen and oxygen atoms in total. The average molecular weight is 445 g/mol. The molecule has 0 radical (unpaired) electrons. The summed E-state index contributed by atoms with van der Waals surface area (Å²) in [4.78, 5) is 32.2. The Kier molecular flexibility index (Phi) is 5.39. The Hall–Kier alpha value is -3.05. The molecule has 0 aliphatic carbocycles. The molecular formula is C19H20N6O3S2. The maximum Gasteiger partial charge on any atom is 0.231 e. The van der Waals surface area contributed by atoms with Gasteiger partial charge in [0.2, 0.25) is 11.8 Å². The molecule has 11 heteroatoms. The van der Waals surface area contributed by atoms with Crippen molar-refractivity contribution in [2.75, 3.05) is 23.9 Å². The zero-order chi connectivity index (χ0) is 21.4. The number of hydrogen-bond acceptors (Lipinski definition) is 7. The number of H-pyrrole nitrogens is 1. The van der Waals surface area contributed by atoms with Crippen LogP contribution in [0.1, 0.15) is 12.1 Å². The molecule has 1 aliphatic heterocycles. The van der Waals surface area contributed by atoms with Gasteiger partial charge in [-0.25, -0.2) is 4.98 Å². The van der Waals surface area contributed by atoms with Crippen molar-refractivity contribution >= 4 is 46.2 Å². The van der Waals surface area contributed by atoms with Crippen LogP contribution in [0.15, 0.2) is 24.3 Å². The van der Waals surface area contributed by atoms with Gasteiger partial charge in [0, 0.05) is 31.8 Å². The van der Waals surface area contributed by atoms with E-state index in [1.807, 2.05) is 32.2 Å². The fraction of sp³-hybridized carbons (Fsp3) is 0.316. The summed E-state index contributed by atoms with van der Waals surface area (Å²) in [7, 11) is 3.39. The number of nitrogens with zero attached hydrogens (tertiary/aromatic N) is 4. The van der Waals surface area contributed by atoms with Crippen LogP contribution in [0.2, 0.25) is 0 Å². The molecule has 0 bridgehead atoms. The van der Waals surface area contributed by atoms with E-state index < -0.39 is 5.92 Å². The largest absolute Gasteiger partial charge is 0.497 e. The SMILES string of the molecule is COc1cccc(N2CC(C(=O)Nc3nc(C)c(-c4n[nH]c(=S)n4C)s3)CC2=O)c1. The predicted molar refractivity (Wildman–Crippen MR) is 116 cm³/mol.